The van der Waals surface area contributed by atoms with Gasteiger partial charge in [-0.1, -0.05) is 13.8 Å². The summed E-state index contributed by atoms with van der Waals surface area (Å²) in [6, 6.07) is 2.50. The highest BCUT2D eigenvalue weighted by molar-refractivity contribution is 5.81. The molecule has 0 saturated carbocycles. The molecule has 2 unspecified atom stereocenters. The Morgan fingerprint density at radius 1 is 1.44 bits per heavy atom. The van der Waals surface area contributed by atoms with Crippen molar-refractivity contribution in [2.45, 2.75) is 26.8 Å². The van der Waals surface area contributed by atoms with Gasteiger partial charge < -0.3 is 9.80 Å². The number of nitriles is 1. The molecule has 0 radical (unpaired) electrons. The highest BCUT2D eigenvalue weighted by Gasteiger charge is 2.30. The van der Waals surface area contributed by atoms with Crippen molar-refractivity contribution in [2.75, 3.05) is 26.7 Å². The fourth-order valence-corrected chi connectivity index (χ4v) is 1.93. The molecule has 16 heavy (non-hydrogen) atoms. The zero-order valence-corrected chi connectivity index (χ0v) is 10.6. The molecule has 1 aliphatic heterocycles. The van der Waals surface area contributed by atoms with Gasteiger partial charge in [0.25, 0.3) is 0 Å². The minimum atomic E-state index is -0.490. The van der Waals surface area contributed by atoms with Crippen LogP contribution in [0.5, 0.6) is 0 Å². The van der Waals surface area contributed by atoms with Gasteiger partial charge in [0.1, 0.15) is 5.92 Å². The Hall–Kier alpha value is -1.08. The molecule has 4 nitrogen and oxygen atoms in total. The molecule has 1 heterocycles. The van der Waals surface area contributed by atoms with Crippen LogP contribution in [-0.4, -0.2) is 48.4 Å². The van der Waals surface area contributed by atoms with Gasteiger partial charge in [-0.15, -0.1) is 0 Å². The normalized spacial score (nSPS) is 24.2. The molecule has 1 amide bonds. The summed E-state index contributed by atoms with van der Waals surface area (Å²) in [6.07, 6.45) is 0. The van der Waals surface area contributed by atoms with E-state index in [9.17, 15) is 4.79 Å². The van der Waals surface area contributed by atoms with Crippen LogP contribution in [0.2, 0.25) is 0 Å². The summed E-state index contributed by atoms with van der Waals surface area (Å²) < 4.78 is 0. The fraction of sp³-hybridized carbons (Fsp3) is 0.833. The van der Waals surface area contributed by atoms with Crippen molar-refractivity contribution in [3.8, 4) is 6.07 Å². The van der Waals surface area contributed by atoms with Crippen LogP contribution in [-0.2, 0) is 4.79 Å². The molecule has 90 valence electrons. The van der Waals surface area contributed by atoms with E-state index in [1.165, 1.54) is 0 Å². The monoisotopic (exact) mass is 223 g/mol. The Labute approximate surface area is 97.8 Å². The fourth-order valence-electron chi connectivity index (χ4n) is 1.93. The first-order valence-electron chi connectivity index (χ1n) is 5.86. The van der Waals surface area contributed by atoms with Crippen LogP contribution in [0.1, 0.15) is 20.8 Å². The number of nitrogens with zero attached hydrogens (tertiary/aromatic N) is 3. The number of rotatable bonds is 2. The first-order chi connectivity index (χ1) is 7.47. The van der Waals surface area contributed by atoms with E-state index in [2.05, 4.69) is 24.9 Å². The molecule has 0 bridgehead atoms. The van der Waals surface area contributed by atoms with E-state index >= 15 is 0 Å². The number of hydrogen-bond acceptors (Lipinski definition) is 3. The van der Waals surface area contributed by atoms with Gasteiger partial charge in [-0.25, -0.2) is 0 Å². The second-order valence-corrected chi connectivity index (χ2v) is 4.96. The van der Waals surface area contributed by atoms with Crippen LogP contribution >= 0.6 is 0 Å². The second kappa shape index (κ2) is 5.31. The van der Waals surface area contributed by atoms with E-state index in [4.69, 9.17) is 5.26 Å². The lowest BCUT2D eigenvalue weighted by molar-refractivity contribution is -0.137. The maximum absolute atomic E-state index is 12.1. The topological polar surface area (TPSA) is 47.3 Å². The average Bonchev–Trinajstić information content (AvgIpc) is 2.22. The molecular formula is C12H21N3O. The molecule has 0 N–H and O–H groups in total. The molecule has 1 rings (SSSR count). The van der Waals surface area contributed by atoms with Gasteiger partial charge >= 0.3 is 0 Å². The largest absolute Gasteiger partial charge is 0.339 e. The van der Waals surface area contributed by atoms with Crippen LogP contribution in [0.3, 0.4) is 0 Å². The summed E-state index contributed by atoms with van der Waals surface area (Å²) in [7, 11) is 2.07. The van der Waals surface area contributed by atoms with Crippen LogP contribution < -0.4 is 0 Å². The number of piperazine rings is 1. The summed E-state index contributed by atoms with van der Waals surface area (Å²) in [6.45, 7) is 8.32. The van der Waals surface area contributed by atoms with Gasteiger partial charge in [-0.3, -0.25) is 4.79 Å². The molecule has 0 aliphatic carbocycles. The number of amides is 1. The minimum Gasteiger partial charge on any atom is -0.339 e. The van der Waals surface area contributed by atoms with Crippen molar-refractivity contribution < 1.29 is 4.79 Å². The first-order valence-corrected chi connectivity index (χ1v) is 5.86. The third-order valence-electron chi connectivity index (χ3n) is 3.34. The van der Waals surface area contributed by atoms with E-state index < -0.39 is 5.92 Å². The molecule has 1 saturated heterocycles. The third kappa shape index (κ3) is 2.73. The Kier molecular flexibility index (Phi) is 4.31. The number of hydrogen-bond donors (Lipinski definition) is 0. The Morgan fingerprint density at radius 3 is 2.50 bits per heavy atom. The van der Waals surface area contributed by atoms with Crippen LogP contribution in [0.25, 0.3) is 0 Å². The number of likely N-dealkylation sites (N-methyl/N-ethyl adjacent to an activating group) is 1. The molecule has 0 aromatic heterocycles. The second-order valence-electron chi connectivity index (χ2n) is 4.96. The van der Waals surface area contributed by atoms with Crippen molar-refractivity contribution in [3.05, 3.63) is 0 Å². The molecule has 1 fully saturated rings. The van der Waals surface area contributed by atoms with Crippen molar-refractivity contribution >= 4 is 5.91 Å². The van der Waals surface area contributed by atoms with E-state index in [0.29, 0.717) is 6.04 Å². The molecule has 4 heteroatoms. The zero-order chi connectivity index (χ0) is 12.3. The van der Waals surface area contributed by atoms with Crippen molar-refractivity contribution in [3.63, 3.8) is 0 Å². The van der Waals surface area contributed by atoms with E-state index in [1.54, 1.807) is 0 Å². The lowest BCUT2D eigenvalue weighted by Gasteiger charge is -2.38. The average molecular weight is 223 g/mol. The molecule has 1 aliphatic rings. The van der Waals surface area contributed by atoms with Crippen molar-refractivity contribution in [1.82, 2.24) is 9.80 Å². The van der Waals surface area contributed by atoms with Crippen LogP contribution in [0, 0.1) is 23.2 Å². The summed E-state index contributed by atoms with van der Waals surface area (Å²) in [5.41, 5.74) is 0. The number of carbonyl (C=O) groups is 1. The lowest BCUT2D eigenvalue weighted by atomic mass is 9.95. The standard InChI is InChI=1S/C12H21N3O/c1-9(2)11(7-13)12(16)15-6-5-14(4)10(3)8-15/h9-11H,5-6,8H2,1-4H3. The SMILES string of the molecule is CC(C)C(C#N)C(=O)N1CCN(C)C(C)C1. The molecule has 0 spiro atoms. The van der Waals surface area contributed by atoms with Gasteiger partial charge in [0.05, 0.1) is 6.07 Å². The van der Waals surface area contributed by atoms with Gasteiger partial charge in [-0.05, 0) is 19.9 Å². The maximum atomic E-state index is 12.1. The summed E-state index contributed by atoms with van der Waals surface area (Å²) >= 11 is 0. The van der Waals surface area contributed by atoms with Crippen molar-refractivity contribution in [1.29, 1.82) is 5.26 Å². The molecule has 0 aromatic carbocycles. The first kappa shape index (κ1) is 13.0. The zero-order valence-electron chi connectivity index (χ0n) is 10.6. The highest BCUT2D eigenvalue weighted by Crippen LogP contribution is 2.16. The predicted octanol–water partition coefficient (Wildman–Crippen LogP) is 0.945. The molecular weight excluding hydrogens is 202 g/mol. The quantitative estimate of drug-likeness (QED) is 0.700. The Balaban J connectivity index is 2.65. The van der Waals surface area contributed by atoms with Gasteiger partial charge in [-0.2, -0.15) is 5.26 Å². The van der Waals surface area contributed by atoms with Gasteiger partial charge in [0, 0.05) is 25.7 Å². The lowest BCUT2D eigenvalue weighted by Crippen LogP contribution is -2.53. The third-order valence-corrected chi connectivity index (χ3v) is 3.34. The van der Waals surface area contributed by atoms with Crippen LogP contribution in [0.4, 0.5) is 0 Å². The van der Waals surface area contributed by atoms with E-state index in [1.807, 2.05) is 18.7 Å². The summed E-state index contributed by atoms with van der Waals surface area (Å²) in [5, 5.41) is 9.01. The highest BCUT2D eigenvalue weighted by atomic mass is 16.2. The minimum absolute atomic E-state index is 0.00236. The Bertz CT molecular complexity index is 295. The maximum Gasteiger partial charge on any atom is 0.240 e. The Morgan fingerprint density at radius 2 is 2.06 bits per heavy atom. The molecule has 2 atom stereocenters. The van der Waals surface area contributed by atoms with Gasteiger partial charge in [0.15, 0.2) is 0 Å². The summed E-state index contributed by atoms with van der Waals surface area (Å²) in [4.78, 5) is 16.2. The van der Waals surface area contributed by atoms with E-state index in [0.717, 1.165) is 19.6 Å². The summed E-state index contributed by atoms with van der Waals surface area (Å²) in [5.74, 6) is -0.402. The van der Waals surface area contributed by atoms with Crippen molar-refractivity contribution in [2.24, 2.45) is 11.8 Å². The van der Waals surface area contributed by atoms with Gasteiger partial charge in [0.2, 0.25) is 5.91 Å². The molecule has 0 aromatic rings. The van der Waals surface area contributed by atoms with E-state index in [-0.39, 0.29) is 11.8 Å². The van der Waals surface area contributed by atoms with Crippen LogP contribution in [0.15, 0.2) is 0 Å². The smallest absolute Gasteiger partial charge is 0.240 e. The number of carbonyl (C=O) groups excluding carboxylic acids is 1. The predicted molar refractivity (Wildman–Crippen MR) is 62.6 cm³/mol.